The number of nitrogens with zero attached hydrogens (tertiary/aromatic N) is 1. The summed E-state index contributed by atoms with van der Waals surface area (Å²) in [7, 11) is 1.67. The van der Waals surface area contributed by atoms with Crippen LogP contribution < -0.4 is 15.2 Å². The molecular formula is C15H16N2O2S. The zero-order valence-corrected chi connectivity index (χ0v) is 12.1. The van der Waals surface area contributed by atoms with Crippen molar-refractivity contribution < 1.29 is 9.47 Å². The van der Waals surface area contributed by atoms with Gasteiger partial charge in [-0.2, -0.15) is 0 Å². The van der Waals surface area contributed by atoms with Crippen molar-refractivity contribution in [2.24, 2.45) is 0 Å². The number of aromatic nitrogens is 1. The van der Waals surface area contributed by atoms with Crippen LogP contribution in [-0.4, -0.2) is 12.1 Å². The Morgan fingerprint density at radius 3 is 2.90 bits per heavy atom. The average molecular weight is 288 g/mol. The number of nitrogen functional groups attached to an aromatic ring is 1. The lowest BCUT2D eigenvalue weighted by molar-refractivity contribution is 0.0745. The van der Waals surface area contributed by atoms with Crippen LogP contribution in [0.3, 0.4) is 0 Å². The van der Waals surface area contributed by atoms with Gasteiger partial charge in [0.25, 0.3) is 0 Å². The highest BCUT2D eigenvalue weighted by molar-refractivity contribution is 7.16. The van der Waals surface area contributed by atoms with Gasteiger partial charge >= 0.3 is 0 Å². The molecule has 0 saturated heterocycles. The molecule has 5 heteroatoms. The lowest BCUT2D eigenvalue weighted by Gasteiger charge is -2.34. The molecule has 1 aromatic heterocycles. The highest BCUT2D eigenvalue weighted by atomic mass is 32.1. The first kappa shape index (κ1) is 12.0. The Kier molecular flexibility index (Phi) is 2.48. The number of nitrogens with two attached hydrogens (primary N) is 1. The van der Waals surface area contributed by atoms with Crippen molar-refractivity contribution in [1.82, 2.24) is 4.98 Å². The third-order valence-corrected chi connectivity index (χ3v) is 5.29. The SMILES string of the molecule is COc1ccc2c(c1)OC1(CCCC1)c1sc(N)nc1-2. The van der Waals surface area contributed by atoms with E-state index >= 15 is 0 Å². The minimum Gasteiger partial charge on any atom is -0.497 e. The molecule has 1 fully saturated rings. The van der Waals surface area contributed by atoms with Crippen molar-refractivity contribution in [1.29, 1.82) is 0 Å². The Bertz CT molecular complexity index is 675. The van der Waals surface area contributed by atoms with Crippen molar-refractivity contribution in [3.8, 4) is 22.8 Å². The molecule has 1 aromatic carbocycles. The number of fused-ring (bicyclic) bond motifs is 4. The quantitative estimate of drug-likeness (QED) is 0.871. The lowest BCUT2D eigenvalue weighted by atomic mass is 9.92. The molecule has 1 aliphatic carbocycles. The Morgan fingerprint density at radius 2 is 2.15 bits per heavy atom. The van der Waals surface area contributed by atoms with Crippen LogP contribution in [-0.2, 0) is 5.60 Å². The van der Waals surface area contributed by atoms with E-state index in [1.807, 2.05) is 18.2 Å². The maximum atomic E-state index is 6.40. The third kappa shape index (κ3) is 1.56. The van der Waals surface area contributed by atoms with Crippen molar-refractivity contribution >= 4 is 16.5 Å². The average Bonchev–Trinajstić information content (AvgIpc) is 3.06. The number of rotatable bonds is 1. The second-order valence-corrected chi connectivity index (χ2v) is 6.43. The van der Waals surface area contributed by atoms with E-state index in [-0.39, 0.29) is 5.60 Å². The first-order valence-electron chi connectivity index (χ1n) is 6.86. The number of benzene rings is 1. The van der Waals surface area contributed by atoms with Crippen LogP contribution in [0, 0.1) is 0 Å². The van der Waals surface area contributed by atoms with Gasteiger partial charge in [-0.05, 0) is 37.8 Å². The maximum absolute atomic E-state index is 6.40. The Balaban J connectivity index is 1.94. The van der Waals surface area contributed by atoms with Crippen molar-refractivity contribution in [2.75, 3.05) is 12.8 Å². The maximum Gasteiger partial charge on any atom is 0.180 e. The van der Waals surface area contributed by atoms with E-state index in [0.717, 1.165) is 35.6 Å². The third-order valence-electron chi connectivity index (χ3n) is 4.22. The molecule has 0 radical (unpaired) electrons. The van der Waals surface area contributed by atoms with E-state index in [2.05, 4.69) is 4.98 Å². The summed E-state index contributed by atoms with van der Waals surface area (Å²) in [4.78, 5) is 5.74. The zero-order valence-electron chi connectivity index (χ0n) is 11.3. The predicted molar refractivity (Wildman–Crippen MR) is 79.3 cm³/mol. The first-order valence-corrected chi connectivity index (χ1v) is 7.68. The Hall–Kier alpha value is -1.75. The summed E-state index contributed by atoms with van der Waals surface area (Å²) in [6, 6.07) is 5.90. The molecule has 2 aliphatic rings. The van der Waals surface area contributed by atoms with Gasteiger partial charge in [0.2, 0.25) is 0 Å². The molecule has 1 aliphatic heterocycles. The Morgan fingerprint density at radius 1 is 1.35 bits per heavy atom. The van der Waals surface area contributed by atoms with Crippen LogP contribution in [0.25, 0.3) is 11.3 Å². The standard InChI is InChI=1S/C15H16N2O2S/c1-18-9-4-5-10-11(8-9)19-15(6-2-3-7-15)13-12(10)17-14(16)20-13/h4-5,8H,2-3,6-7H2,1H3,(H2,16,17). The van der Waals surface area contributed by atoms with Gasteiger partial charge in [-0.3, -0.25) is 0 Å². The molecule has 4 nitrogen and oxygen atoms in total. The van der Waals surface area contributed by atoms with Crippen LogP contribution in [0.2, 0.25) is 0 Å². The topological polar surface area (TPSA) is 57.4 Å². The molecule has 2 aromatic rings. The number of ether oxygens (including phenoxy) is 2. The van der Waals surface area contributed by atoms with Gasteiger partial charge in [0.1, 0.15) is 17.1 Å². The molecule has 2 heterocycles. The number of thiazole rings is 1. The lowest BCUT2D eigenvalue weighted by Crippen LogP contribution is -2.32. The molecule has 0 amide bonds. The van der Waals surface area contributed by atoms with Gasteiger partial charge in [-0.15, -0.1) is 0 Å². The fourth-order valence-electron chi connectivity index (χ4n) is 3.27. The van der Waals surface area contributed by atoms with E-state index in [4.69, 9.17) is 15.2 Å². The van der Waals surface area contributed by atoms with E-state index in [1.54, 1.807) is 18.4 Å². The summed E-state index contributed by atoms with van der Waals surface area (Å²) in [5.74, 6) is 1.67. The molecule has 4 rings (SSSR count). The highest BCUT2D eigenvalue weighted by Crippen LogP contribution is 2.54. The van der Waals surface area contributed by atoms with Gasteiger partial charge < -0.3 is 15.2 Å². The largest absolute Gasteiger partial charge is 0.497 e. The van der Waals surface area contributed by atoms with Gasteiger partial charge in [0.05, 0.1) is 17.7 Å². The fourth-order valence-corrected chi connectivity index (χ4v) is 4.30. The monoisotopic (exact) mass is 288 g/mol. The van der Waals surface area contributed by atoms with Gasteiger partial charge in [-0.25, -0.2) is 4.98 Å². The summed E-state index contributed by atoms with van der Waals surface area (Å²) in [5.41, 5.74) is 7.75. The molecule has 0 unspecified atom stereocenters. The van der Waals surface area contributed by atoms with E-state index in [0.29, 0.717) is 5.13 Å². The zero-order chi connectivity index (χ0) is 13.7. The highest BCUT2D eigenvalue weighted by Gasteiger charge is 2.45. The summed E-state index contributed by atoms with van der Waals surface area (Å²) < 4.78 is 11.7. The number of hydrogen-bond donors (Lipinski definition) is 1. The van der Waals surface area contributed by atoms with Gasteiger partial charge in [-0.1, -0.05) is 11.3 Å². The minimum absolute atomic E-state index is 0.218. The van der Waals surface area contributed by atoms with Crippen LogP contribution >= 0.6 is 11.3 Å². The predicted octanol–water partition coefficient (Wildman–Crippen LogP) is 3.56. The second kappa shape index (κ2) is 4.12. The summed E-state index contributed by atoms with van der Waals surface area (Å²) in [6.07, 6.45) is 4.46. The molecule has 20 heavy (non-hydrogen) atoms. The molecular weight excluding hydrogens is 272 g/mol. The molecule has 1 spiro atoms. The van der Waals surface area contributed by atoms with Crippen LogP contribution in [0.4, 0.5) is 5.13 Å². The normalized spacial score (nSPS) is 18.4. The molecule has 0 bridgehead atoms. The van der Waals surface area contributed by atoms with Crippen LogP contribution in [0.15, 0.2) is 18.2 Å². The first-order chi connectivity index (χ1) is 9.72. The number of methoxy groups -OCH3 is 1. The van der Waals surface area contributed by atoms with Crippen LogP contribution in [0.1, 0.15) is 30.6 Å². The molecule has 104 valence electrons. The number of anilines is 1. The smallest absolute Gasteiger partial charge is 0.180 e. The van der Waals surface area contributed by atoms with Gasteiger partial charge in [0.15, 0.2) is 5.13 Å². The summed E-state index contributed by atoms with van der Waals surface area (Å²) in [5, 5.41) is 0.619. The van der Waals surface area contributed by atoms with Crippen molar-refractivity contribution in [2.45, 2.75) is 31.3 Å². The van der Waals surface area contributed by atoms with Gasteiger partial charge in [0, 0.05) is 11.6 Å². The number of hydrogen-bond acceptors (Lipinski definition) is 5. The fraction of sp³-hybridized carbons (Fsp3) is 0.400. The molecule has 0 atom stereocenters. The van der Waals surface area contributed by atoms with E-state index in [1.165, 1.54) is 17.7 Å². The summed E-state index contributed by atoms with van der Waals surface area (Å²) >= 11 is 1.57. The van der Waals surface area contributed by atoms with E-state index < -0.39 is 0 Å². The second-order valence-electron chi connectivity index (χ2n) is 5.40. The van der Waals surface area contributed by atoms with Crippen LogP contribution in [0.5, 0.6) is 11.5 Å². The molecule has 2 N–H and O–H groups in total. The molecule has 1 saturated carbocycles. The summed E-state index contributed by atoms with van der Waals surface area (Å²) in [6.45, 7) is 0. The van der Waals surface area contributed by atoms with Crippen molar-refractivity contribution in [3.63, 3.8) is 0 Å². The van der Waals surface area contributed by atoms with Crippen molar-refractivity contribution in [3.05, 3.63) is 23.1 Å². The minimum atomic E-state index is -0.218. The van der Waals surface area contributed by atoms with E-state index in [9.17, 15) is 0 Å². The Labute approximate surface area is 121 Å².